The minimum atomic E-state index is -1.97. The van der Waals surface area contributed by atoms with Crippen LogP contribution in [0.3, 0.4) is 0 Å². The van der Waals surface area contributed by atoms with E-state index in [4.69, 9.17) is 28.4 Å². The molecule has 16 heteroatoms. The van der Waals surface area contributed by atoms with Crippen molar-refractivity contribution in [2.45, 2.75) is 88.1 Å². The minimum Gasteiger partial charge on any atom is -0.493 e. The monoisotopic (exact) mass is 682 g/mol. The van der Waals surface area contributed by atoms with Crippen LogP contribution in [0.5, 0.6) is 23.0 Å². The largest absolute Gasteiger partial charge is 0.493 e. The van der Waals surface area contributed by atoms with E-state index in [2.05, 4.69) is 6.92 Å². The Morgan fingerprint density at radius 3 is 1.42 bits per heavy atom. The maximum absolute atomic E-state index is 11.7. The summed E-state index contributed by atoms with van der Waals surface area (Å²) in [6.07, 6.45) is -18.1. The van der Waals surface area contributed by atoms with Crippen LogP contribution < -0.4 is 18.9 Å². The van der Waals surface area contributed by atoms with Gasteiger partial charge in [0.25, 0.3) is 0 Å². The Balaban J connectivity index is 1.60. The summed E-state index contributed by atoms with van der Waals surface area (Å²) in [5, 5.41) is 80.6. The van der Waals surface area contributed by atoms with Crippen molar-refractivity contribution in [3.05, 3.63) is 47.5 Å². The highest BCUT2D eigenvalue weighted by Gasteiger charge is 2.50. The van der Waals surface area contributed by atoms with Gasteiger partial charge in [-0.25, -0.2) is 9.59 Å². The van der Waals surface area contributed by atoms with Gasteiger partial charge in [0, 0.05) is 0 Å². The van der Waals surface area contributed by atoms with Gasteiger partial charge in [-0.05, 0) is 60.1 Å². The van der Waals surface area contributed by atoms with E-state index in [1.807, 2.05) is 25.1 Å². The second-order valence-electron chi connectivity index (χ2n) is 12.0. The molecule has 0 saturated carbocycles. The highest BCUT2D eigenvalue weighted by atomic mass is 16.7. The van der Waals surface area contributed by atoms with Crippen molar-refractivity contribution in [3.8, 4) is 23.0 Å². The number of aliphatic hydroxyl groups excluding tert-OH is 6. The fourth-order valence-electron chi connectivity index (χ4n) is 5.57. The molecule has 4 rings (SSSR count). The number of hydrogen-bond donors (Lipinski definition) is 8. The van der Waals surface area contributed by atoms with E-state index >= 15 is 0 Å². The molecule has 2 aromatic rings. The number of methoxy groups -OCH3 is 2. The van der Waals surface area contributed by atoms with Gasteiger partial charge >= 0.3 is 11.9 Å². The molecule has 0 bridgehead atoms. The second kappa shape index (κ2) is 15.7. The predicted octanol–water partition coefficient (Wildman–Crippen LogP) is -0.697. The zero-order valence-corrected chi connectivity index (χ0v) is 26.7. The van der Waals surface area contributed by atoms with Gasteiger partial charge in [0.15, 0.2) is 35.2 Å². The average molecular weight is 683 g/mol. The zero-order valence-electron chi connectivity index (χ0n) is 26.7. The SMILES string of the molecule is COc1ccc(CC(C)C(C)Cc2ccc(O[C@@H]3O[C@H](C(=O)O)[C@@H](O)[C@H](O)[C@H]3O)c(O[C@@H]3O[C@H](C(=O)O)[C@@H](O)[C@H](O)[C@H]3O)c2)cc1OC. The van der Waals surface area contributed by atoms with Gasteiger partial charge < -0.3 is 69.3 Å². The molecule has 266 valence electrons. The topological polar surface area (TPSA) is 251 Å². The number of carboxylic acids is 2. The molecule has 0 aromatic heterocycles. The minimum absolute atomic E-state index is 0.0686. The van der Waals surface area contributed by atoms with Gasteiger partial charge in [0.05, 0.1) is 14.2 Å². The van der Waals surface area contributed by atoms with Crippen LogP contribution in [0, 0.1) is 11.8 Å². The Morgan fingerprint density at radius 1 is 0.604 bits per heavy atom. The summed E-state index contributed by atoms with van der Waals surface area (Å²) >= 11 is 0. The molecule has 48 heavy (non-hydrogen) atoms. The Labute approximate surface area is 275 Å². The lowest BCUT2D eigenvalue weighted by atomic mass is 9.85. The molecule has 8 N–H and O–H groups in total. The third-order valence-electron chi connectivity index (χ3n) is 8.66. The molecule has 2 aliphatic rings. The van der Waals surface area contributed by atoms with E-state index in [-0.39, 0.29) is 23.3 Å². The predicted molar refractivity (Wildman–Crippen MR) is 162 cm³/mol. The van der Waals surface area contributed by atoms with E-state index in [0.29, 0.717) is 29.9 Å². The van der Waals surface area contributed by atoms with Crippen LogP contribution in [0.4, 0.5) is 0 Å². The van der Waals surface area contributed by atoms with Crippen LogP contribution >= 0.6 is 0 Å². The molecule has 2 aliphatic heterocycles. The zero-order chi connectivity index (χ0) is 35.4. The molecular formula is C32H42O16. The maximum atomic E-state index is 11.7. The molecule has 2 aromatic carbocycles. The van der Waals surface area contributed by atoms with Crippen LogP contribution in [0.25, 0.3) is 0 Å². The van der Waals surface area contributed by atoms with Crippen molar-refractivity contribution in [1.82, 2.24) is 0 Å². The molecule has 0 spiro atoms. The molecule has 12 atom stereocenters. The lowest BCUT2D eigenvalue weighted by molar-refractivity contribution is -0.276. The van der Waals surface area contributed by atoms with Gasteiger partial charge in [0.2, 0.25) is 12.6 Å². The first kappa shape index (κ1) is 37.1. The molecule has 0 aliphatic carbocycles. The number of rotatable bonds is 13. The van der Waals surface area contributed by atoms with Crippen molar-refractivity contribution < 1.29 is 78.9 Å². The van der Waals surface area contributed by atoms with Crippen molar-refractivity contribution in [3.63, 3.8) is 0 Å². The van der Waals surface area contributed by atoms with E-state index in [9.17, 15) is 50.4 Å². The number of aliphatic carboxylic acids is 2. The summed E-state index contributed by atoms with van der Waals surface area (Å²) in [7, 11) is 3.11. The number of carbonyl (C=O) groups is 2. The van der Waals surface area contributed by atoms with E-state index < -0.39 is 73.4 Å². The third kappa shape index (κ3) is 8.10. The maximum Gasteiger partial charge on any atom is 0.335 e. The van der Waals surface area contributed by atoms with Crippen LogP contribution in [-0.2, 0) is 31.9 Å². The standard InChI is InChI=1S/C32H42O16/c1-13(9-15-5-7-17(43-3)19(11-15)44-4)14(2)10-16-6-8-18(45-31-25(37)21(33)23(35)27(47-31)29(39)40)20(12-16)46-32-26(38)22(34)24(36)28(48-32)30(41)42/h5-8,11-14,21-28,31-38H,9-10H2,1-4H3,(H,39,40)(H,41,42)/t13?,14?,21-,22-,23-,24-,25+,26+,27-,28-,31+,32+/m0/s1. The van der Waals surface area contributed by atoms with E-state index in [1.165, 1.54) is 12.1 Å². The summed E-state index contributed by atoms with van der Waals surface area (Å²) in [5.74, 6) is -2.25. The van der Waals surface area contributed by atoms with Gasteiger partial charge in [-0.1, -0.05) is 26.0 Å². The van der Waals surface area contributed by atoms with Gasteiger partial charge in [-0.2, -0.15) is 0 Å². The van der Waals surface area contributed by atoms with Crippen LogP contribution in [-0.4, -0.2) is 128 Å². The average Bonchev–Trinajstić information content (AvgIpc) is 3.05. The van der Waals surface area contributed by atoms with Crippen LogP contribution in [0.15, 0.2) is 36.4 Å². The summed E-state index contributed by atoms with van der Waals surface area (Å²) < 4.78 is 32.7. The number of hydrogen-bond acceptors (Lipinski definition) is 14. The third-order valence-corrected chi connectivity index (χ3v) is 8.66. The highest BCUT2D eigenvalue weighted by Crippen LogP contribution is 2.36. The smallest absolute Gasteiger partial charge is 0.335 e. The molecule has 0 radical (unpaired) electrons. The van der Waals surface area contributed by atoms with E-state index in [0.717, 1.165) is 5.56 Å². The molecule has 2 unspecified atom stereocenters. The summed E-state index contributed by atoms with van der Waals surface area (Å²) in [6, 6.07) is 10.2. The Bertz CT molecular complexity index is 1420. The number of carboxylic acid groups (broad SMARTS) is 2. The molecule has 16 nitrogen and oxygen atoms in total. The Hall–Kier alpha value is -3.74. The van der Waals surface area contributed by atoms with Gasteiger partial charge in [-0.3, -0.25) is 0 Å². The fraction of sp³-hybridized carbons (Fsp3) is 0.562. The fourth-order valence-corrected chi connectivity index (χ4v) is 5.57. The first-order chi connectivity index (χ1) is 22.7. The lowest BCUT2D eigenvalue weighted by Gasteiger charge is -2.40. The lowest BCUT2D eigenvalue weighted by Crippen LogP contribution is -2.61. The molecule has 2 fully saturated rings. The quantitative estimate of drug-likeness (QED) is 0.130. The van der Waals surface area contributed by atoms with Crippen LogP contribution in [0.2, 0.25) is 0 Å². The summed E-state index contributed by atoms with van der Waals surface area (Å²) in [5.41, 5.74) is 1.70. The number of aliphatic hydroxyl groups is 6. The van der Waals surface area contributed by atoms with Gasteiger partial charge in [0.1, 0.15) is 36.6 Å². The Morgan fingerprint density at radius 2 is 1.00 bits per heavy atom. The number of benzene rings is 2. The number of ether oxygens (including phenoxy) is 6. The summed E-state index contributed by atoms with van der Waals surface area (Å²) in [6.45, 7) is 4.10. The highest BCUT2D eigenvalue weighted by molar-refractivity contribution is 5.74. The van der Waals surface area contributed by atoms with Crippen molar-refractivity contribution in [2.75, 3.05) is 14.2 Å². The molecule has 2 saturated heterocycles. The molecular weight excluding hydrogens is 640 g/mol. The van der Waals surface area contributed by atoms with Crippen molar-refractivity contribution in [2.24, 2.45) is 11.8 Å². The normalized spacial score (nSPS) is 31.7. The Kier molecular flexibility index (Phi) is 12.1. The first-order valence-electron chi connectivity index (χ1n) is 15.2. The van der Waals surface area contributed by atoms with E-state index in [1.54, 1.807) is 20.3 Å². The van der Waals surface area contributed by atoms with Gasteiger partial charge in [-0.15, -0.1) is 0 Å². The van der Waals surface area contributed by atoms with Crippen LogP contribution in [0.1, 0.15) is 25.0 Å². The molecule has 0 amide bonds. The molecule has 2 heterocycles. The first-order valence-corrected chi connectivity index (χ1v) is 15.2. The second-order valence-corrected chi connectivity index (χ2v) is 12.0. The van der Waals surface area contributed by atoms with Crippen molar-refractivity contribution >= 4 is 11.9 Å². The summed E-state index contributed by atoms with van der Waals surface area (Å²) in [4.78, 5) is 23.3. The van der Waals surface area contributed by atoms with Crippen molar-refractivity contribution in [1.29, 1.82) is 0 Å².